The van der Waals surface area contributed by atoms with Crippen LogP contribution in [0.1, 0.15) is 12.0 Å². The van der Waals surface area contributed by atoms with Crippen LogP contribution in [0.5, 0.6) is 0 Å². The summed E-state index contributed by atoms with van der Waals surface area (Å²) in [5.74, 6) is 0. The lowest BCUT2D eigenvalue weighted by atomic mass is 9.98. The molecular formula is C13H16BrNO. The number of hydrogen-bond acceptors (Lipinski definition) is 2. The van der Waals surface area contributed by atoms with Crippen molar-refractivity contribution in [3.63, 3.8) is 0 Å². The predicted molar refractivity (Wildman–Crippen MR) is 67.6 cm³/mol. The number of halogens is 1. The Kier molecular flexibility index (Phi) is 3.01. The van der Waals surface area contributed by atoms with E-state index < -0.39 is 0 Å². The summed E-state index contributed by atoms with van der Waals surface area (Å²) < 4.78 is 6.86. The molecule has 3 saturated heterocycles. The minimum absolute atomic E-state index is 0.526. The van der Waals surface area contributed by atoms with Gasteiger partial charge in [-0.2, -0.15) is 0 Å². The standard InChI is InChI=1S/C13H16BrNO/c14-13-4-2-1-3-10(13)5-6-15-8-11-7-12(9-15)16-11/h1-4,11-12H,5-9H2. The van der Waals surface area contributed by atoms with Gasteiger partial charge in [0.25, 0.3) is 0 Å². The highest BCUT2D eigenvalue weighted by molar-refractivity contribution is 9.10. The molecule has 0 aliphatic carbocycles. The summed E-state index contributed by atoms with van der Waals surface area (Å²) >= 11 is 3.60. The van der Waals surface area contributed by atoms with Gasteiger partial charge in [-0.15, -0.1) is 0 Å². The molecule has 3 aliphatic heterocycles. The SMILES string of the molecule is Brc1ccccc1CCN1CC2CC(C1)O2. The first-order chi connectivity index (χ1) is 7.81. The summed E-state index contributed by atoms with van der Waals surface area (Å²) in [6.45, 7) is 3.40. The molecule has 0 saturated carbocycles. The van der Waals surface area contributed by atoms with Gasteiger partial charge in [0.1, 0.15) is 0 Å². The van der Waals surface area contributed by atoms with E-state index in [4.69, 9.17) is 4.74 Å². The number of piperidine rings is 1. The summed E-state index contributed by atoms with van der Waals surface area (Å²) in [6.07, 6.45) is 3.46. The molecule has 0 N–H and O–H groups in total. The van der Waals surface area contributed by atoms with Gasteiger partial charge in [-0.05, 0) is 18.1 Å². The molecule has 2 unspecified atom stereocenters. The van der Waals surface area contributed by atoms with Gasteiger partial charge in [-0.3, -0.25) is 4.90 Å². The molecule has 3 heteroatoms. The number of morpholine rings is 1. The smallest absolute Gasteiger partial charge is 0.0731 e. The van der Waals surface area contributed by atoms with E-state index in [1.807, 2.05) is 0 Å². The first-order valence-corrected chi connectivity index (χ1v) is 6.72. The first kappa shape index (κ1) is 10.8. The maximum absolute atomic E-state index is 5.63. The van der Waals surface area contributed by atoms with E-state index >= 15 is 0 Å². The number of ether oxygens (including phenoxy) is 1. The number of hydrogen-bond donors (Lipinski definition) is 0. The molecule has 0 spiro atoms. The molecule has 16 heavy (non-hydrogen) atoms. The molecule has 2 nitrogen and oxygen atoms in total. The largest absolute Gasteiger partial charge is 0.372 e. The van der Waals surface area contributed by atoms with Gasteiger partial charge in [-0.25, -0.2) is 0 Å². The first-order valence-electron chi connectivity index (χ1n) is 5.92. The Labute approximate surface area is 105 Å². The van der Waals surface area contributed by atoms with Gasteiger partial charge >= 0.3 is 0 Å². The predicted octanol–water partition coefficient (Wildman–Crippen LogP) is 2.46. The van der Waals surface area contributed by atoms with E-state index in [-0.39, 0.29) is 0 Å². The molecule has 0 aromatic heterocycles. The Balaban J connectivity index is 1.55. The lowest BCUT2D eigenvalue weighted by Gasteiger charge is -2.47. The monoisotopic (exact) mass is 281 g/mol. The molecule has 86 valence electrons. The lowest BCUT2D eigenvalue weighted by molar-refractivity contribution is -0.180. The topological polar surface area (TPSA) is 12.5 Å². The van der Waals surface area contributed by atoms with Gasteiger partial charge < -0.3 is 4.74 Å². The van der Waals surface area contributed by atoms with Gasteiger partial charge in [0, 0.05) is 30.5 Å². The quantitative estimate of drug-likeness (QED) is 0.844. The minimum Gasteiger partial charge on any atom is -0.372 e. The molecule has 3 aliphatic rings. The van der Waals surface area contributed by atoms with Crippen molar-refractivity contribution < 1.29 is 4.74 Å². The van der Waals surface area contributed by atoms with Crippen LogP contribution >= 0.6 is 15.9 Å². The van der Waals surface area contributed by atoms with Crippen molar-refractivity contribution in [3.8, 4) is 0 Å². The Morgan fingerprint density at radius 1 is 1.25 bits per heavy atom. The second-order valence-corrected chi connectivity index (χ2v) is 5.57. The summed E-state index contributed by atoms with van der Waals surface area (Å²) in [6, 6.07) is 8.49. The Morgan fingerprint density at radius 2 is 1.94 bits per heavy atom. The molecule has 2 bridgehead atoms. The Bertz CT molecular complexity index is 366. The summed E-state index contributed by atoms with van der Waals surface area (Å²) in [5, 5.41) is 0. The molecule has 0 amide bonds. The van der Waals surface area contributed by atoms with E-state index in [2.05, 4.69) is 45.1 Å². The fourth-order valence-corrected chi connectivity index (χ4v) is 3.09. The second kappa shape index (κ2) is 4.47. The fourth-order valence-electron chi connectivity index (χ4n) is 2.60. The van der Waals surface area contributed by atoms with Crippen molar-refractivity contribution in [1.29, 1.82) is 0 Å². The number of rotatable bonds is 3. The van der Waals surface area contributed by atoms with Crippen LogP contribution in [0.2, 0.25) is 0 Å². The van der Waals surface area contributed by atoms with Crippen molar-refractivity contribution in [2.75, 3.05) is 19.6 Å². The van der Waals surface area contributed by atoms with E-state index in [9.17, 15) is 0 Å². The van der Waals surface area contributed by atoms with Crippen LogP contribution in [-0.4, -0.2) is 36.7 Å². The van der Waals surface area contributed by atoms with Crippen LogP contribution < -0.4 is 0 Å². The van der Waals surface area contributed by atoms with Crippen LogP contribution in [0.15, 0.2) is 28.7 Å². The second-order valence-electron chi connectivity index (χ2n) is 4.72. The maximum atomic E-state index is 5.63. The van der Waals surface area contributed by atoms with Crippen LogP contribution in [0.3, 0.4) is 0 Å². The lowest BCUT2D eigenvalue weighted by Crippen LogP contribution is -2.57. The number of nitrogens with zero attached hydrogens (tertiary/aromatic N) is 1. The van der Waals surface area contributed by atoms with Crippen LogP contribution in [0, 0.1) is 0 Å². The highest BCUT2D eigenvalue weighted by atomic mass is 79.9. The third-order valence-electron chi connectivity index (χ3n) is 3.49. The molecule has 1 aromatic rings. The Hall–Kier alpha value is -0.380. The van der Waals surface area contributed by atoms with Gasteiger partial charge in [0.05, 0.1) is 12.2 Å². The minimum atomic E-state index is 0.526. The number of fused-ring (bicyclic) bond motifs is 2. The van der Waals surface area contributed by atoms with Gasteiger partial charge in [-0.1, -0.05) is 34.1 Å². The van der Waals surface area contributed by atoms with Crippen molar-refractivity contribution in [3.05, 3.63) is 34.3 Å². The molecule has 3 heterocycles. The van der Waals surface area contributed by atoms with Gasteiger partial charge in [0.2, 0.25) is 0 Å². The molecule has 1 aromatic carbocycles. The van der Waals surface area contributed by atoms with Crippen LogP contribution in [0.4, 0.5) is 0 Å². The normalized spacial score (nSPS) is 28.8. The van der Waals surface area contributed by atoms with Crippen molar-refractivity contribution in [1.82, 2.24) is 4.90 Å². The average molecular weight is 282 g/mol. The van der Waals surface area contributed by atoms with Gasteiger partial charge in [0.15, 0.2) is 0 Å². The molecule has 2 atom stereocenters. The zero-order valence-corrected chi connectivity index (χ0v) is 10.8. The maximum Gasteiger partial charge on any atom is 0.0731 e. The number of benzene rings is 1. The average Bonchev–Trinajstić information content (AvgIpc) is 2.27. The third-order valence-corrected chi connectivity index (χ3v) is 4.26. The zero-order chi connectivity index (χ0) is 11.0. The van der Waals surface area contributed by atoms with E-state index in [0.29, 0.717) is 12.2 Å². The van der Waals surface area contributed by atoms with E-state index in [1.165, 1.54) is 16.5 Å². The van der Waals surface area contributed by atoms with Crippen molar-refractivity contribution in [2.24, 2.45) is 0 Å². The molecule has 0 radical (unpaired) electrons. The van der Waals surface area contributed by atoms with Crippen LogP contribution in [-0.2, 0) is 11.2 Å². The molecular weight excluding hydrogens is 266 g/mol. The zero-order valence-electron chi connectivity index (χ0n) is 9.23. The summed E-state index contributed by atoms with van der Waals surface area (Å²) in [7, 11) is 0. The Morgan fingerprint density at radius 3 is 2.62 bits per heavy atom. The molecule has 3 fully saturated rings. The summed E-state index contributed by atoms with van der Waals surface area (Å²) in [5.41, 5.74) is 1.41. The van der Waals surface area contributed by atoms with Crippen molar-refractivity contribution >= 4 is 15.9 Å². The van der Waals surface area contributed by atoms with E-state index in [0.717, 1.165) is 26.1 Å². The highest BCUT2D eigenvalue weighted by Gasteiger charge is 2.37. The fraction of sp³-hybridized carbons (Fsp3) is 0.538. The highest BCUT2D eigenvalue weighted by Crippen LogP contribution is 2.28. The third kappa shape index (κ3) is 2.17. The van der Waals surface area contributed by atoms with Crippen molar-refractivity contribution in [2.45, 2.75) is 25.0 Å². The van der Waals surface area contributed by atoms with E-state index in [1.54, 1.807) is 0 Å². The van der Waals surface area contributed by atoms with Crippen LogP contribution in [0.25, 0.3) is 0 Å². The summed E-state index contributed by atoms with van der Waals surface area (Å²) in [4.78, 5) is 2.53. The molecule has 4 rings (SSSR count).